The lowest BCUT2D eigenvalue weighted by molar-refractivity contribution is -0.145. The minimum atomic E-state index is -2.55. The zero-order valence-corrected chi connectivity index (χ0v) is 9.98. The van der Waals surface area contributed by atoms with Crippen LogP contribution >= 0.6 is 0 Å². The maximum absolute atomic E-state index is 11.8. The maximum Gasteiger partial charge on any atom is 0.323 e. The second-order valence-corrected chi connectivity index (χ2v) is 4.33. The van der Waals surface area contributed by atoms with Gasteiger partial charge in [-0.1, -0.05) is 0 Å². The van der Waals surface area contributed by atoms with Crippen molar-refractivity contribution in [3.05, 3.63) is 0 Å². The molecule has 0 saturated heterocycles. The van der Waals surface area contributed by atoms with Crippen molar-refractivity contribution in [2.24, 2.45) is 5.92 Å². The third-order valence-electron chi connectivity index (χ3n) is 2.56. The van der Waals surface area contributed by atoms with Crippen LogP contribution in [0.25, 0.3) is 0 Å². The zero-order valence-electron chi connectivity index (χ0n) is 9.98. The molecule has 0 radical (unpaired) electrons. The van der Waals surface area contributed by atoms with Crippen molar-refractivity contribution in [3.8, 4) is 0 Å². The number of nitrogens with zero attached hydrogens (tertiary/aromatic N) is 1. The van der Waals surface area contributed by atoms with Gasteiger partial charge in [-0.15, -0.1) is 0 Å². The van der Waals surface area contributed by atoms with Crippen LogP contribution in [0.15, 0.2) is 0 Å². The van der Waals surface area contributed by atoms with Crippen LogP contribution in [0.1, 0.15) is 19.3 Å². The first-order valence-electron chi connectivity index (χ1n) is 5.84. The van der Waals surface area contributed by atoms with Gasteiger partial charge in [-0.05, 0) is 18.8 Å². The molecular weight excluding hydrogens is 248 g/mol. The molecule has 0 aromatic carbocycles. The maximum atomic E-state index is 11.8. The van der Waals surface area contributed by atoms with Crippen LogP contribution in [0.4, 0.5) is 8.78 Å². The van der Waals surface area contributed by atoms with Gasteiger partial charge in [-0.2, -0.15) is 0 Å². The smallest absolute Gasteiger partial charge is 0.323 e. The Bertz CT molecular complexity index is 295. The quantitative estimate of drug-likeness (QED) is 0.631. The van der Waals surface area contributed by atoms with Crippen molar-refractivity contribution < 1.29 is 28.2 Å². The number of aliphatic carboxylic acids is 1. The molecule has 0 spiro atoms. The number of rotatable bonds is 9. The molecule has 104 valence electrons. The van der Waals surface area contributed by atoms with E-state index in [0.29, 0.717) is 12.5 Å². The number of ether oxygens (including phenoxy) is 1. The van der Waals surface area contributed by atoms with Crippen molar-refractivity contribution >= 4 is 11.9 Å². The van der Waals surface area contributed by atoms with Crippen LogP contribution in [0.3, 0.4) is 0 Å². The largest absolute Gasteiger partial charge is 0.480 e. The average molecular weight is 265 g/mol. The van der Waals surface area contributed by atoms with Crippen LogP contribution in [0.5, 0.6) is 0 Å². The molecule has 1 rings (SSSR count). The fraction of sp³-hybridized carbons (Fsp3) is 0.818. The zero-order chi connectivity index (χ0) is 13.5. The Morgan fingerprint density at radius 1 is 1.39 bits per heavy atom. The van der Waals surface area contributed by atoms with Crippen molar-refractivity contribution in [3.63, 3.8) is 0 Å². The Hall–Kier alpha value is -1.24. The number of carbonyl (C=O) groups is 2. The average Bonchev–Trinajstić information content (AvgIpc) is 3.06. The van der Waals surface area contributed by atoms with E-state index in [-0.39, 0.29) is 25.5 Å². The molecule has 5 nitrogen and oxygen atoms in total. The van der Waals surface area contributed by atoms with Crippen LogP contribution in [0, 0.1) is 5.92 Å². The highest BCUT2D eigenvalue weighted by Gasteiger charge is 2.27. The summed E-state index contributed by atoms with van der Waals surface area (Å²) in [7, 11) is 0. The highest BCUT2D eigenvalue weighted by molar-refractivity contribution is 5.81. The lowest BCUT2D eigenvalue weighted by Gasteiger charge is -2.20. The van der Waals surface area contributed by atoms with Gasteiger partial charge in [-0.3, -0.25) is 9.59 Å². The summed E-state index contributed by atoms with van der Waals surface area (Å²) in [4.78, 5) is 23.5. The third kappa shape index (κ3) is 6.48. The number of carboxylic acids is 1. The summed E-state index contributed by atoms with van der Waals surface area (Å²) in [5.41, 5.74) is 0. The Balaban J connectivity index is 2.26. The van der Waals surface area contributed by atoms with E-state index in [1.807, 2.05) is 0 Å². The van der Waals surface area contributed by atoms with E-state index >= 15 is 0 Å². The minimum Gasteiger partial charge on any atom is -0.480 e. The first kappa shape index (κ1) is 14.8. The van der Waals surface area contributed by atoms with Crippen molar-refractivity contribution in [1.29, 1.82) is 0 Å². The Labute approximate surface area is 104 Å². The molecule has 1 amide bonds. The van der Waals surface area contributed by atoms with E-state index in [9.17, 15) is 18.4 Å². The lowest BCUT2D eigenvalue weighted by Crippen LogP contribution is -2.37. The molecule has 1 aliphatic rings. The molecule has 0 unspecified atom stereocenters. The fourth-order valence-corrected chi connectivity index (χ4v) is 1.52. The summed E-state index contributed by atoms with van der Waals surface area (Å²) in [6, 6.07) is 0. The molecule has 1 fully saturated rings. The monoisotopic (exact) mass is 265 g/mol. The molecule has 1 N–H and O–H groups in total. The van der Waals surface area contributed by atoms with Crippen LogP contribution in [-0.4, -0.2) is 54.6 Å². The molecule has 0 atom stereocenters. The number of hydrogen-bond acceptors (Lipinski definition) is 3. The Morgan fingerprint density at radius 3 is 2.56 bits per heavy atom. The van der Waals surface area contributed by atoms with Gasteiger partial charge in [0, 0.05) is 6.54 Å². The van der Waals surface area contributed by atoms with E-state index in [0.717, 1.165) is 12.8 Å². The predicted octanol–water partition coefficient (Wildman–Crippen LogP) is 0.981. The molecule has 7 heteroatoms. The van der Waals surface area contributed by atoms with Gasteiger partial charge < -0.3 is 14.7 Å². The second kappa shape index (κ2) is 7.25. The Morgan fingerprint density at radius 2 is 2.06 bits per heavy atom. The van der Waals surface area contributed by atoms with Crippen LogP contribution in [-0.2, 0) is 14.3 Å². The van der Waals surface area contributed by atoms with E-state index < -0.39 is 19.0 Å². The first-order valence-corrected chi connectivity index (χ1v) is 5.84. The molecule has 18 heavy (non-hydrogen) atoms. The minimum absolute atomic E-state index is 0.0628. The molecule has 0 aliphatic heterocycles. The molecule has 0 aromatic heterocycles. The molecule has 1 aliphatic carbocycles. The van der Waals surface area contributed by atoms with Gasteiger partial charge >= 0.3 is 5.97 Å². The summed E-state index contributed by atoms with van der Waals surface area (Å²) < 4.78 is 28.1. The fourth-order valence-electron chi connectivity index (χ4n) is 1.52. The normalized spacial score (nSPS) is 14.8. The highest BCUT2D eigenvalue weighted by atomic mass is 19.3. The molecule has 0 aromatic rings. The van der Waals surface area contributed by atoms with Crippen molar-refractivity contribution in [1.82, 2.24) is 4.90 Å². The SMILES string of the molecule is O=C(O)CN(CC1CC1)C(=O)CCOCC(F)F. The number of carboxylic acid groups (broad SMARTS) is 1. The molecule has 1 saturated carbocycles. The van der Waals surface area contributed by atoms with Crippen molar-refractivity contribution in [2.75, 3.05) is 26.3 Å². The number of carbonyl (C=O) groups excluding carboxylic acids is 1. The molecule has 0 bridgehead atoms. The summed E-state index contributed by atoms with van der Waals surface area (Å²) >= 11 is 0. The summed E-state index contributed by atoms with van der Waals surface area (Å²) in [6.45, 7) is -0.719. The molecular formula is C11H17F2NO4. The van der Waals surface area contributed by atoms with Gasteiger partial charge in [0.25, 0.3) is 6.43 Å². The van der Waals surface area contributed by atoms with Gasteiger partial charge in [-0.25, -0.2) is 8.78 Å². The highest BCUT2D eigenvalue weighted by Crippen LogP contribution is 2.29. The van der Waals surface area contributed by atoms with E-state index in [4.69, 9.17) is 5.11 Å². The lowest BCUT2D eigenvalue weighted by atomic mass is 10.3. The number of halogens is 2. The summed E-state index contributed by atoms with van der Waals surface area (Å²) in [6.07, 6.45) is -0.606. The van der Waals surface area contributed by atoms with E-state index in [1.54, 1.807) is 0 Å². The standard InChI is InChI=1S/C11H17F2NO4/c12-9(13)7-18-4-3-10(15)14(6-11(16)17)5-8-1-2-8/h8-9H,1-7H2,(H,16,17). The van der Waals surface area contributed by atoms with Gasteiger partial charge in [0.15, 0.2) is 0 Å². The number of hydrogen-bond donors (Lipinski definition) is 1. The van der Waals surface area contributed by atoms with E-state index in [2.05, 4.69) is 4.74 Å². The van der Waals surface area contributed by atoms with E-state index in [1.165, 1.54) is 4.90 Å². The third-order valence-corrected chi connectivity index (χ3v) is 2.56. The Kier molecular flexibility index (Phi) is 5.97. The second-order valence-electron chi connectivity index (χ2n) is 4.33. The first-order chi connectivity index (χ1) is 8.49. The van der Waals surface area contributed by atoms with Gasteiger partial charge in [0.1, 0.15) is 13.2 Å². The van der Waals surface area contributed by atoms with Gasteiger partial charge in [0.05, 0.1) is 13.0 Å². The van der Waals surface area contributed by atoms with Crippen LogP contribution in [0.2, 0.25) is 0 Å². The topological polar surface area (TPSA) is 66.8 Å². The van der Waals surface area contributed by atoms with Gasteiger partial charge in [0.2, 0.25) is 5.91 Å². The summed E-state index contributed by atoms with van der Waals surface area (Å²) in [5, 5.41) is 8.69. The van der Waals surface area contributed by atoms with Crippen LogP contribution < -0.4 is 0 Å². The number of amides is 1. The predicted molar refractivity (Wildman–Crippen MR) is 58.4 cm³/mol. The molecule has 0 heterocycles. The number of alkyl halides is 2. The summed E-state index contributed by atoms with van der Waals surface area (Å²) in [5.74, 6) is -1.05. The van der Waals surface area contributed by atoms with Crippen molar-refractivity contribution in [2.45, 2.75) is 25.7 Å².